The fourth-order valence-corrected chi connectivity index (χ4v) is 2.86. The Morgan fingerprint density at radius 3 is 2.55 bits per heavy atom. The van der Waals surface area contributed by atoms with E-state index >= 15 is 0 Å². The number of fused-ring (bicyclic) bond motifs is 2. The molecule has 0 aliphatic heterocycles. The number of aromatic nitrogens is 3. The molecule has 20 heavy (non-hydrogen) atoms. The van der Waals surface area contributed by atoms with E-state index in [2.05, 4.69) is 15.0 Å². The summed E-state index contributed by atoms with van der Waals surface area (Å²) in [5.74, 6) is 0. The van der Waals surface area contributed by atoms with E-state index in [0.717, 1.165) is 27.0 Å². The van der Waals surface area contributed by atoms with Crippen molar-refractivity contribution in [2.75, 3.05) is 0 Å². The van der Waals surface area contributed by atoms with E-state index in [0.29, 0.717) is 5.22 Å². The second-order valence-electron chi connectivity index (χ2n) is 4.25. The molecule has 2 aromatic carbocycles. The topological polar surface area (TPSA) is 51.8 Å². The largest absolute Gasteiger partial charge is 0.431 e. The maximum Gasteiger partial charge on any atom is 0.263 e. The monoisotopic (exact) mass is 279 g/mol. The fourth-order valence-electron chi connectivity index (χ4n) is 2.04. The lowest BCUT2D eigenvalue weighted by atomic mass is 10.2. The van der Waals surface area contributed by atoms with Crippen LogP contribution in [0.15, 0.2) is 69.5 Å². The third kappa shape index (κ3) is 1.92. The molecule has 0 amide bonds. The van der Waals surface area contributed by atoms with E-state index in [1.807, 2.05) is 48.5 Å². The summed E-state index contributed by atoms with van der Waals surface area (Å²) in [6, 6.07) is 15.6. The Morgan fingerprint density at radius 2 is 1.65 bits per heavy atom. The number of benzene rings is 2. The van der Waals surface area contributed by atoms with Crippen molar-refractivity contribution in [1.82, 2.24) is 15.0 Å². The minimum Gasteiger partial charge on any atom is -0.431 e. The van der Waals surface area contributed by atoms with Crippen molar-refractivity contribution < 1.29 is 4.42 Å². The smallest absolute Gasteiger partial charge is 0.263 e. The SMILES string of the molecule is c1ccc2oc(Sc3ncnc4ccccc34)nc2c1. The Bertz CT molecular complexity index is 865. The van der Waals surface area contributed by atoms with Crippen molar-refractivity contribution in [1.29, 1.82) is 0 Å². The molecule has 0 radical (unpaired) electrons. The summed E-state index contributed by atoms with van der Waals surface area (Å²) in [7, 11) is 0. The first-order valence-corrected chi connectivity index (χ1v) is 6.95. The van der Waals surface area contributed by atoms with Gasteiger partial charge < -0.3 is 4.42 Å². The van der Waals surface area contributed by atoms with Gasteiger partial charge in [-0.3, -0.25) is 0 Å². The van der Waals surface area contributed by atoms with Crippen LogP contribution in [0.4, 0.5) is 0 Å². The molecule has 0 atom stereocenters. The summed E-state index contributed by atoms with van der Waals surface area (Å²) in [4.78, 5) is 13.0. The molecular weight excluding hydrogens is 270 g/mol. The van der Waals surface area contributed by atoms with Crippen molar-refractivity contribution in [2.45, 2.75) is 10.2 Å². The summed E-state index contributed by atoms with van der Waals surface area (Å²) in [5.41, 5.74) is 2.56. The highest BCUT2D eigenvalue weighted by atomic mass is 32.2. The Balaban J connectivity index is 1.80. The fraction of sp³-hybridized carbons (Fsp3) is 0. The normalized spacial score (nSPS) is 11.2. The summed E-state index contributed by atoms with van der Waals surface area (Å²) in [6.45, 7) is 0. The average Bonchev–Trinajstić information content (AvgIpc) is 2.90. The van der Waals surface area contributed by atoms with Crippen LogP contribution < -0.4 is 0 Å². The Labute approximate surface area is 118 Å². The highest BCUT2D eigenvalue weighted by Crippen LogP contribution is 2.32. The van der Waals surface area contributed by atoms with Gasteiger partial charge in [0.05, 0.1) is 5.52 Å². The van der Waals surface area contributed by atoms with Crippen LogP contribution >= 0.6 is 11.8 Å². The van der Waals surface area contributed by atoms with Crippen LogP contribution in [-0.2, 0) is 0 Å². The second kappa shape index (κ2) is 4.61. The van der Waals surface area contributed by atoms with E-state index in [9.17, 15) is 0 Å². The highest BCUT2D eigenvalue weighted by molar-refractivity contribution is 7.99. The van der Waals surface area contributed by atoms with Gasteiger partial charge >= 0.3 is 0 Å². The number of nitrogens with zero attached hydrogens (tertiary/aromatic N) is 3. The van der Waals surface area contributed by atoms with E-state index in [4.69, 9.17) is 4.42 Å². The van der Waals surface area contributed by atoms with Crippen LogP contribution in [0, 0.1) is 0 Å². The molecule has 0 saturated carbocycles. The molecule has 5 heteroatoms. The zero-order valence-electron chi connectivity index (χ0n) is 10.4. The first kappa shape index (κ1) is 11.4. The molecule has 0 spiro atoms. The van der Waals surface area contributed by atoms with Gasteiger partial charge in [0, 0.05) is 5.39 Å². The summed E-state index contributed by atoms with van der Waals surface area (Å²) < 4.78 is 5.71. The lowest BCUT2D eigenvalue weighted by molar-refractivity contribution is 0.489. The Kier molecular flexibility index (Phi) is 2.63. The first-order chi connectivity index (χ1) is 9.90. The number of oxazole rings is 1. The molecule has 2 aromatic heterocycles. The van der Waals surface area contributed by atoms with Crippen LogP contribution in [0.2, 0.25) is 0 Å². The van der Waals surface area contributed by atoms with Gasteiger partial charge in [-0.05, 0) is 30.0 Å². The predicted octanol–water partition coefficient (Wildman–Crippen LogP) is 3.92. The van der Waals surface area contributed by atoms with E-state index in [-0.39, 0.29) is 0 Å². The van der Waals surface area contributed by atoms with E-state index < -0.39 is 0 Å². The zero-order valence-corrected chi connectivity index (χ0v) is 11.2. The van der Waals surface area contributed by atoms with E-state index in [1.165, 1.54) is 11.8 Å². The van der Waals surface area contributed by atoms with E-state index in [1.54, 1.807) is 6.33 Å². The van der Waals surface area contributed by atoms with Crippen LogP contribution in [0.5, 0.6) is 0 Å². The van der Waals surface area contributed by atoms with Crippen LogP contribution in [0.3, 0.4) is 0 Å². The van der Waals surface area contributed by atoms with Crippen molar-refractivity contribution in [3.8, 4) is 0 Å². The summed E-state index contributed by atoms with van der Waals surface area (Å²) >= 11 is 1.41. The molecule has 0 saturated heterocycles. The molecule has 4 nitrogen and oxygen atoms in total. The molecule has 0 aliphatic carbocycles. The van der Waals surface area contributed by atoms with Crippen LogP contribution in [0.25, 0.3) is 22.0 Å². The average molecular weight is 279 g/mol. The molecular formula is C15H9N3OS. The van der Waals surface area contributed by atoms with Crippen LogP contribution in [0.1, 0.15) is 0 Å². The third-order valence-corrected chi connectivity index (χ3v) is 3.83. The van der Waals surface area contributed by atoms with Crippen molar-refractivity contribution in [3.63, 3.8) is 0 Å². The maximum absolute atomic E-state index is 5.71. The molecule has 0 fully saturated rings. The number of hydrogen-bond donors (Lipinski definition) is 0. The molecule has 4 rings (SSSR count). The maximum atomic E-state index is 5.71. The molecule has 0 N–H and O–H groups in total. The number of hydrogen-bond acceptors (Lipinski definition) is 5. The number of rotatable bonds is 2. The van der Waals surface area contributed by atoms with Crippen molar-refractivity contribution in [3.05, 3.63) is 54.9 Å². The van der Waals surface area contributed by atoms with Crippen molar-refractivity contribution in [2.24, 2.45) is 0 Å². The quantitative estimate of drug-likeness (QED) is 0.520. The minimum absolute atomic E-state index is 0.593. The molecule has 0 bridgehead atoms. The summed E-state index contributed by atoms with van der Waals surface area (Å²) in [6.07, 6.45) is 1.56. The molecule has 0 unspecified atom stereocenters. The Morgan fingerprint density at radius 1 is 0.850 bits per heavy atom. The molecule has 4 aromatic rings. The van der Waals surface area contributed by atoms with Gasteiger partial charge in [-0.25, -0.2) is 15.0 Å². The van der Waals surface area contributed by atoms with Gasteiger partial charge in [-0.1, -0.05) is 30.3 Å². The highest BCUT2D eigenvalue weighted by Gasteiger charge is 2.10. The molecule has 0 aliphatic rings. The van der Waals surface area contributed by atoms with Gasteiger partial charge in [0.1, 0.15) is 16.9 Å². The van der Waals surface area contributed by atoms with Gasteiger partial charge in [0.15, 0.2) is 5.58 Å². The first-order valence-electron chi connectivity index (χ1n) is 6.13. The summed E-state index contributed by atoms with van der Waals surface area (Å²) in [5, 5.41) is 2.44. The second-order valence-corrected chi connectivity index (χ2v) is 5.19. The molecule has 2 heterocycles. The van der Waals surface area contributed by atoms with Crippen molar-refractivity contribution >= 4 is 33.8 Å². The Hall–Kier alpha value is -2.40. The van der Waals surface area contributed by atoms with Gasteiger partial charge in [-0.2, -0.15) is 0 Å². The van der Waals surface area contributed by atoms with Gasteiger partial charge in [0.25, 0.3) is 5.22 Å². The standard InChI is InChI=1S/C15H9N3OS/c1-2-6-11-10(5-1)14(17-9-16-11)20-15-18-12-7-3-4-8-13(12)19-15/h1-9H. The number of para-hydroxylation sites is 3. The molecule has 96 valence electrons. The van der Waals surface area contributed by atoms with Gasteiger partial charge in [0.2, 0.25) is 0 Å². The lowest BCUT2D eigenvalue weighted by Gasteiger charge is -2.00. The lowest BCUT2D eigenvalue weighted by Crippen LogP contribution is -1.86. The minimum atomic E-state index is 0.593. The zero-order chi connectivity index (χ0) is 13.4. The third-order valence-electron chi connectivity index (χ3n) is 2.96. The predicted molar refractivity (Wildman–Crippen MR) is 77.7 cm³/mol. The van der Waals surface area contributed by atoms with Crippen LogP contribution in [-0.4, -0.2) is 15.0 Å². The van der Waals surface area contributed by atoms with Gasteiger partial charge in [-0.15, -0.1) is 0 Å².